The molecule has 34 heavy (non-hydrogen) atoms. The number of aliphatic hydroxyl groups excluding tert-OH is 1. The number of hydrogen-bond acceptors (Lipinski definition) is 8. The van der Waals surface area contributed by atoms with Gasteiger partial charge in [-0.1, -0.05) is 0 Å². The summed E-state index contributed by atoms with van der Waals surface area (Å²) in [5.74, 6) is 0.504. The van der Waals surface area contributed by atoms with Gasteiger partial charge in [0.25, 0.3) is 12.3 Å². The quantitative estimate of drug-likeness (QED) is 0.554. The van der Waals surface area contributed by atoms with Crippen LogP contribution in [0.25, 0.3) is 5.65 Å². The van der Waals surface area contributed by atoms with Gasteiger partial charge in [0.15, 0.2) is 11.5 Å². The van der Waals surface area contributed by atoms with E-state index in [9.17, 15) is 18.7 Å². The molecule has 0 spiro atoms. The molecule has 3 aromatic heterocycles. The standard InChI is InChI=1S/C22H25F2N7O3/c1-22(13-32)10-14-9-16(27-20(33)15-11-26-31-4-2-3-25-18(15)31)19(28-21(14)34-22)30-7-5-29(6-8-30)12-17(23)24/h2-4,9,11,17,32H,5-8,10,12-13H2,1H3,(H,27,33). The maximum Gasteiger partial charge on any atom is 0.261 e. The number of hydrogen-bond donors (Lipinski definition) is 2. The monoisotopic (exact) mass is 473 g/mol. The average molecular weight is 473 g/mol. The largest absolute Gasteiger partial charge is 0.468 e. The van der Waals surface area contributed by atoms with Gasteiger partial charge in [0, 0.05) is 50.6 Å². The summed E-state index contributed by atoms with van der Waals surface area (Å²) >= 11 is 0. The van der Waals surface area contributed by atoms with Gasteiger partial charge in [0.1, 0.15) is 11.2 Å². The van der Waals surface area contributed by atoms with Crippen molar-refractivity contribution < 1.29 is 23.4 Å². The number of aromatic nitrogens is 4. The number of rotatable bonds is 6. The normalized spacial score (nSPS) is 20.6. The van der Waals surface area contributed by atoms with Crippen LogP contribution in [0.3, 0.4) is 0 Å². The van der Waals surface area contributed by atoms with Gasteiger partial charge in [-0.3, -0.25) is 9.69 Å². The zero-order chi connectivity index (χ0) is 23.9. The van der Waals surface area contributed by atoms with Crippen LogP contribution in [0.15, 0.2) is 30.7 Å². The van der Waals surface area contributed by atoms with E-state index in [4.69, 9.17) is 4.74 Å². The van der Waals surface area contributed by atoms with E-state index >= 15 is 0 Å². The highest BCUT2D eigenvalue weighted by Crippen LogP contribution is 2.39. The average Bonchev–Trinajstić information content (AvgIpc) is 3.39. The lowest BCUT2D eigenvalue weighted by Gasteiger charge is -2.36. The van der Waals surface area contributed by atoms with Crippen LogP contribution in [0, 0.1) is 0 Å². The van der Waals surface area contributed by atoms with Crippen LogP contribution in [-0.4, -0.2) is 86.9 Å². The summed E-state index contributed by atoms with van der Waals surface area (Å²) < 4.78 is 33.0. The Morgan fingerprint density at radius 1 is 1.32 bits per heavy atom. The SMILES string of the molecule is CC1(CO)Cc2cc(NC(=O)c3cnn4cccnc34)c(N3CCN(CC(F)F)CC3)nc2O1. The lowest BCUT2D eigenvalue weighted by atomic mass is 10.0. The zero-order valence-electron chi connectivity index (χ0n) is 18.6. The fraction of sp³-hybridized carbons (Fsp3) is 0.455. The van der Waals surface area contributed by atoms with E-state index < -0.39 is 17.9 Å². The van der Waals surface area contributed by atoms with E-state index in [-0.39, 0.29) is 13.2 Å². The number of nitrogens with one attached hydrogen (secondary N) is 1. The van der Waals surface area contributed by atoms with Crippen LogP contribution in [-0.2, 0) is 6.42 Å². The Labute approximate surface area is 194 Å². The molecule has 1 fully saturated rings. The number of pyridine rings is 1. The first-order chi connectivity index (χ1) is 16.3. The minimum atomic E-state index is -2.39. The minimum Gasteiger partial charge on any atom is -0.468 e. The Hall–Kier alpha value is -3.38. The Morgan fingerprint density at radius 2 is 2.12 bits per heavy atom. The molecule has 2 N–H and O–H groups in total. The fourth-order valence-electron chi connectivity index (χ4n) is 4.35. The number of alkyl halides is 2. The van der Waals surface area contributed by atoms with Gasteiger partial charge in [-0.05, 0) is 19.1 Å². The van der Waals surface area contributed by atoms with Crippen molar-refractivity contribution in [2.24, 2.45) is 0 Å². The third-order valence-corrected chi connectivity index (χ3v) is 6.12. The molecule has 1 unspecified atom stereocenters. The molecule has 0 radical (unpaired) electrons. The number of amides is 1. The van der Waals surface area contributed by atoms with Crippen molar-refractivity contribution in [1.29, 1.82) is 0 Å². The first-order valence-electron chi connectivity index (χ1n) is 11.0. The summed E-state index contributed by atoms with van der Waals surface area (Å²) in [5.41, 5.74) is 1.19. The van der Waals surface area contributed by atoms with Crippen molar-refractivity contribution >= 4 is 23.1 Å². The van der Waals surface area contributed by atoms with E-state index in [1.54, 1.807) is 36.4 Å². The number of aliphatic hydroxyl groups is 1. The highest BCUT2D eigenvalue weighted by Gasteiger charge is 2.37. The highest BCUT2D eigenvalue weighted by atomic mass is 19.3. The van der Waals surface area contributed by atoms with E-state index in [1.807, 2.05) is 4.90 Å². The van der Waals surface area contributed by atoms with Crippen molar-refractivity contribution in [2.75, 3.05) is 49.5 Å². The molecule has 1 atom stereocenters. The number of piperazine rings is 1. The molecule has 10 nitrogen and oxygen atoms in total. The third kappa shape index (κ3) is 4.26. The molecule has 2 aliphatic rings. The van der Waals surface area contributed by atoms with Crippen LogP contribution < -0.4 is 15.0 Å². The Bertz CT molecular complexity index is 1210. The maximum atomic E-state index is 13.2. The lowest BCUT2D eigenvalue weighted by molar-refractivity contribution is 0.0416. The summed E-state index contributed by atoms with van der Waals surface area (Å²) in [6.45, 7) is 3.18. The van der Waals surface area contributed by atoms with Crippen molar-refractivity contribution in [1.82, 2.24) is 24.5 Å². The molecule has 0 aliphatic carbocycles. The number of carbonyl (C=O) groups is 1. The second kappa shape index (κ2) is 8.76. The second-order valence-electron chi connectivity index (χ2n) is 8.79. The molecule has 12 heteroatoms. The van der Waals surface area contributed by atoms with E-state index in [0.29, 0.717) is 61.2 Å². The van der Waals surface area contributed by atoms with Gasteiger partial charge >= 0.3 is 0 Å². The third-order valence-electron chi connectivity index (χ3n) is 6.12. The van der Waals surface area contributed by atoms with Gasteiger partial charge < -0.3 is 20.1 Å². The molecular weight excluding hydrogens is 448 g/mol. The van der Waals surface area contributed by atoms with Gasteiger partial charge in [-0.25, -0.2) is 18.3 Å². The summed E-state index contributed by atoms with van der Waals surface area (Å²) in [4.78, 5) is 25.7. The van der Waals surface area contributed by atoms with Crippen molar-refractivity contribution in [3.63, 3.8) is 0 Å². The molecule has 1 saturated heterocycles. The van der Waals surface area contributed by atoms with Crippen LogP contribution in [0.5, 0.6) is 5.88 Å². The smallest absolute Gasteiger partial charge is 0.261 e. The Balaban J connectivity index is 1.45. The van der Waals surface area contributed by atoms with Gasteiger partial charge in [-0.15, -0.1) is 0 Å². The molecule has 2 aliphatic heterocycles. The Morgan fingerprint density at radius 3 is 2.85 bits per heavy atom. The second-order valence-corrected chi connectivity index (χ2v) is 8.79. The Kier molecular flexibility index (Phi) is 5.78. The highest BCUT2D eigenvalue weighted by molar-refractivity contribution is 6.09. The number of ether oxygens (including phenoxy) is 1. The van der Waals surface area contributed by atoms with Crippen molar-refractivity contribution in [3.05, 3.63) is 41.9 Å². The lowest BCUT2D eigenvalue weighted by Crippen LogP contribution is -2.48. The van der Waals surface area contributed by atoms with Crippen LogP contribution in [0.2, 0.25) is 0 Å². The topological polar surface area (TPSA) is 108 Å². The number of fused-ring (bicyclic) bond motifs is 2. The number of halogens is 2. The predicted octanol–water partition coefficient (Wildman–Crippen LogP) is 1.45. The maximum absolute atomic E-state index is 13.2. The van der Waals surface area contributed by atoms with Crippen LogP contribution in [0.4, 0.5) is 20.3 Å². The minimum absolute atomic E-state index is 0.180. The predicted molar refractivity (Wildman–Crippen MR) is 120 cm³/mol. The zero-order valence-corrected chi connectivity index (χ0v) is 18.6. The molecule has 180 valence electrons. The van der Waals surface area contributed by atoms with Gasteiger partial charge in [0.2, 0.25) is 5.88 Å². The molecule has 5 rings (SSSR count). The number of carbonyl (C=O) groups excluding carboxylic acids is 1. The number of anilines is 2. The first kappa shape index (κ1) is 22.4. The molecule has 3 aromatic rings. The summed E-state index contributed by atoms with van der Waals surface area (Å²) in [7, 11) is 0. The fourth-order valence-corrected chi connectivity index (χ4v) is 4.35. The van der Waals surface area contributed by atoms with E-state index in [0.717, 1.165) is 5.56 Å². The van der Waals surface area contributed by atoms with E-state index in [2.05, 4.69) is 20.4 Å². The van der Waals surface area contributed by atoms with Crippen molar-refractivity contribution in [2.45, 2.75) is 25.4 Å². The van der Waals surface area contributed by atoms with E-state index in [1.165, 1.54) is 10.7 Å². The molecule has 0 saturated carbocycles. The van der Waals surface area contributed by atoms with Crippen LogP contribution >= 0.6 is 0 Å². The summed E-state index contributed by atoms with van der Waals surface area (Å²) in [6.07, 6.45) is 2.79. The molecule has 5 heterocycles. The summed E-state index contributed by atoms with van der Waals surface area (Å²) in [5, 5.41) is 16.8. The molecule has 0 bridgehead atoms. The van der Waals surface area contributed by atoms with Gasteiger partial charge in [0.05, 0.1) is 25.0 Å². The molecule has 1 amide bonds. The number of nitrogens with zero attached hydrogens (tertiary/aromatic N) is 6. The van der Waals surface area contributed by atoms with Crippen molar-refractivity contribution in [3.8, 4) is 5.88 Å². The molecular formula is C22H25F2N7O3. The first-order valence-corrected chi connectivity index (χ1v) is 11.0. The van der Waals surface area contributed by atoms with Crippen LogP contribution in [0.1, 0.15) is 22.8 Å². The summed E-state index contributed by atoms with van der Waals surface area (Å²) in [6, 6.07) is 3.52. The molecule has 0 aromatic carbocycles. The van der Waals surface area contributed by atoms with Gasteiger partial charge in [-0.2, -0.15) is 10.1 Å².